The number of fused-ring (bicyclic) bond motifs is 1. The highest BCUT2D eigenvalue weighted by atomic mass is 16.1. The number of rotatable bonds is 4. The molecular formula is C24H24N4O. The summed E-state index contributed by atoms with van der Waals surface area (Å²) < 4.78 is 1.81. The van der Waals surface area contributed by atoms with E-state index in [9.17, 15) is 4.79 Å². The molecule has 0 aliphatic heterocycles. The molecular weight excluding hydrogens is 360 g/mol. The zero-order chi connectivity index (χ0) is 20.5. The van der Waals surface area contributed by atoms with Gasteiger partial charge in [0.25, 0.3) is 5.91 Å². The fourth-order valence-corrected chi connectivity index (χ4v) is 3.73. The minimum atomic E-state index is -0.139. The average molecular weight is 384 g/mol. The number of amides is 1. The molecule has 1 N–H and O–H groups in total. The summed E-state index contributed by atoms with van der Waals surface area (Å²) in [7, 11) is 0. The number of hydrogen-bond acceptors (Lipinski definition) is 3. The van der Waals surface area contributed by atoms with Crippen molar-refractivity contribution in [1.82, 2.24) is 14.8 Å². The molecule has 5 nitrogen and oxygen atoms in total. The Balaban J connectivity index is 1.85. The van der Waals surface area contributed by atoms with Crippen molar-refractivity contribution in [1.29, 1.82) is 0 Å². The molecule has 0 saturated carbocycles. The van der Waals surface area contributed by atoms with E-state index in [1.165, 1.54) is 0 Å². The van der Waals surface area contributed by atoms with Crippen molar-refractivity contribution in [3.63, 3.8) is 0 Å². The van der Waals surface area contributed by atoms with Crippen molar-refractivity contribution < 1.29 is 4.79 Å². The van der Waals surface area contributed by atoms with Gasteiger partial charge in [-0.2, -0.15) is 5.10 Å². The van der Waals surface area contributed by atoms with Crippen molar-refractivity contribution in [3.05, 3.63) is 82.7 Å². The van der Waals surface area contributed by atoms with Crippen LogP contribution >= 0.6 is 0 Å². The summed E-state index contributed by atoms with van der Waals surface area (Å²) in [5.74, 6) is -0.139. The first-order chi connectivity index (χ1) is 14.0. The Bertz CT molecular complexity index is 1210. The Kier molecular flexibility index (Phi) is 4.89. The molecule has 0 radical (unpaired) electrons. The molecule has 1 amide bonds. The number of anilines is 1. The van der Waals surface area contributed by atoms with Crippen molar-refractivity contribution in [3.8, 4) is 5.69 Å². The molecule has 0 aliphatic carbocycles. The smallest absolute Gasteiger partial charge is 0.256 e. The van der Waals surface area contributed by atoms with Crippen LogP contribution in [0.5, 0.6) is 0 Å². The fourth-order valence-electron chi connectivity index (χ4n) is 3.73. The van der Waals surface area contributed by atoms with Crippen LogP contribution in [0.1, 0.15) is 39.8 Å². The molecule has 0 atom stereocenters. The number of carbonyl (C=O) groups is 1. The maximum absolute atomic E-state index is 13.3. The molecule has 0 spiro atoms. The standard InChI is InChI=1S/C24H24N4O/c1-5-18-11-9-10-15(2)22(18)26-24(29)20-14-16(3)25-23-21(20)17(4)27-28(23)19-12-7-6-8-13-19/h6-14H,5H2,1-4H3,(H,26,29). The minimum Gasteiger partial charge on any atom is -0.321 e. The first-order valence-corrected chi connectivity index (χ1v) is 9.81. The van der Waals surface area contributed by atoms with Gasteiger partial charge in [0, 0.05) is 11.4 Å². The number of nitrogens with zero attached hydrogens (tertiary/aromatic N) is 3. The molecule has 0 aliphatic rings. The number of pyridine rings is 1. The lowest BCUT2D eigenvalue weighted by Crippen LogP contribution is -2.15. The van der Waals surface area contributed by atoms with Crippen LogP contribution in [0.4, 0.5) is 5.69 Å². The van der Waals surface area contributed by atoms with Crippen LogP contribution in [0, 0.1) is 20.8 Å². The van der Waals surface area contributed by atoms with Gasteiger partial charge in [-0.15, -0.1) is 0 Å². The normalized spacial score (nSPS) is 11.0. The second-order valence-electron chi connectivity index (χ2n) is 7.26. The molecule has 5 heteroatoms. The molecule has 0 saturated heterocycles. The molecule has 4 rings (SSSR count). The number of aryl methyl sites for hydroxylation is 4. The highest BCUT2D eigenvalue weighted by Gasteiger charge is 2.20. The molecule has 4 aromatic rings. The molecule has 0 fully saturated rings. The molecule has 0 unspecified atom stereocenters. The number of carbonyl (C=O) groups excluding carboxylic acids is 1. The Morgan fingerprint density at radius 1 is 1.03 bits per heavy atom. The summed E-state index contributed by atoms with van der Waals surface area (Å²) in [6.45, 7) is 7.92. The molecule has 0 bridgehead atoms. The van der Waals surface area contributed by atoms with E-state index in [1.807, 2.05) is 69.3 Å². The Hall–Kier alpha value is -3.47. The first-order valence-electron chi connectivity index (χ1n) is 9.81. The van der Waals surface area contributed by atoms with Gasteiger partial charge in [0.05, 0.1) is 22.3 Å². The van der Waals surface area contributed by atoms with E-state index in [1.54, 1.807) is 4.68 Å². The lowest BCUT2D eigenvalue weighted by molar-refractivity contribution is 0.102. The van der Waals surface area contributed by atoms with Crippen LogP contribution in [0.15, 0.2) is 54.6 Å². The quantitative estimate of drug-likeness (QED) is 0.529. The zero-order valence-electron chi connectivity index (χ0n) is 17.2. The third kappa shape index (κ3) is 3.40. The van der Waals surface area contributed by atoms with Crippen LogP contribution in [0.2, 0.25) is 0 Å². The molecule has 2 aromatic heterocycles. The monoisotopic (exact) mass is 384 g/mol. The van der Waals surface area contributed by atoms with Crippen molar-refractivity contribution in [2.75, 3.05) is 5.32 Å². The third-order valence-corrected chi connectivity index (χ3v) is 5.16. The van der Waals surface area contributed by atoms with Crippen molar-refractivity contribution >= 4 is 22.6 Å². The van der Waals surface area contributed by atoms with Crippen LogP contribution in [0.3, 0.4) is 0 Å². The highest BCUT2D eigenvalue weighted by Crippen LogP contribution is 2.27. The number of aromatic nitrogens is 3. The molecule has 2 heterocycles. The van der Waals surface area contributed by atoms with Gasteiger partial charge in [-0.1, -0.05) is 43.3 Å². The van der Waals surface area contributed by atoms with E-state index >= 15 is 0 Å². The molecule has 2 aromatic carbocycles. The number of para-hydroxylation sites is 2. The van der Waals surface area contributed by atoms with Crippen molar-refractivity contribution in [2.24, 2.45) is 0 Å². The minimum absolute atomic E-state index is 0.139. The van der Waals surface area contributed by atoms with Crippen LogP contribution in [0.25, 0.3) is 16.7 Å². The van der Waals surface area contributed by atoms with E-state index in [2.05, 4.69) is 23.4 Å². The maximum atomic E-state index is 13.3. The SMILES string of the molecule is CCc1cccc(C)c1NC(=O)c1cc(C)nc2c1c(C)nn2-c1ccccc1. The van der Waals surface area contributed by atoms with Gasteiger partial charge in [0.1, 0.15) is 0 Å². The number of hydrogen-bond donors (Lipinski definition) is 1. The predicted octanol–water partition coefficient (Wildman–Crippen LogP) is 5.16. The second-order valence-corrected chi connectivity index (χ2v) is 7.26. The van der Waals surface area contributed by atoms with Crippen LogP contribution < -0.4 is 5.32 Å². The lowest BCUT2D eigenvalue weighted by Gasteiger charge is -2.14. The van der Waals surface area contributed by atoms with Gasteiger partial charge in [-0.3, -0.25) is 4.79 Å². The Labute approximate surface area is 170 Å². The van der Waals surface area contributed by atoms with Gasteiger partial charge in [-0.05, 0) is 56.5 Å². The molecule has 29 heavy (non-hydrogen) atoms. The summed E-state index contributed by atoms with van der Waals surface area (Å²) >= 11 is 0. The van der Waals surface area contributed by atoms with E-state index in [-0.39, 0.29) is 5.91 Å². The van der Waals surface area contributed by atoms with E-state index < -0.39 is 0 Å². The van der Waals surface area contributed by atoms with Gasteiger partial charge in [0.15, 0.2) is 5.65 Å². The first kappa shape index (κ1) is 18.9. The van der Waals surface area contributed by atoms with Gasteiger partial charge >= 0.3 is 0 Å². The second kappa shape index (κ2) is 7.51. The maximum Gasteiger partial charge on any atom is 0.256 e. The zero-order valence-corrected chi connectivity index (χ0v) is 17.2. The van der Waals surface area contributed by atoms with E-state index in [0.29, 0.717) is 11.2 Å². The summed E-state index contributed by atoms with van der Waals surface area (Å²) in [6, 6.07) is 17.8. The summed E-state index contributed by atoms with van der Waals surface area (Å²) in [5, 5.41) is 8.60. The number of nitrogens with one attached hydrogen (secondary N) is 1. The predicted molar refractivity (Wildman–Crippen MR) is 117 cm³/mol. The van der Waals surface area contributed by atoms with Crippen molar-refractivity contribution in [2.45, 2.75) is 34.1 Å². The van der Waals surface area contributed by atoms with Gasteiger partial charge in [0.2, 0.25) is 0 Å². The molecule has 146 valence electrons. The fraction of sp³-hybridized carbons (Fsp3) is 0.208. The van der Waals surface area contributed by atoms with Crippen LogP contribution in [-0.4, -0.2) is 20.7 Å². The Morgan fingerprint density at radius 2 is 1.79 bits per heavy atom. The highest BCUT2D eigenvalue weighted by molar-refractivity contribution is 6.13. The van der Waals surface area contributed by atoms with Crippen LogP contribution in [-0.2, 0) is 6.42 Å². The number of benzene rings is 2. The van der Waals surface area contributed by atoms with Gasteiger partial charge < -0.3 is 5.32 Å². The summed E-state index contributed by atoms with van der Waals surface area (Å²) in [6.07, 6.45) is 0.854. The van der Waals surface area contributed by atoms with E-state index in [4.69, 9.17) is 4.98 Å². The topological polar surface area (TPSA) is 59.8 Å². The Morgan fingerprint density at radius 3 is 2.52 bits per heavy atom. The lowest BCUT2D eigenvalue weighted by atomic mass is 10.0. The largest absolute Gasteiger partial charge is 0.321 e. The third-order valence-electron chi connectivity index (χ3n) is 5.16. The average Bonchev–Trinajstić information content (AvgIpc) is 3.05. The van der Waals surface area contributed by atoms with E-state index in [0.717, 1.165) is 45.7 Å². The summed E-state index contributed by atoms with van der Waals surface area (Å²) in [4.78, 5) is 18.0. The summed E-state index contributed by atoms with van der Waals surface area (Å²) in [5.41, 5.74) is 6.82. The van der Waals surface area contributed by atoms with Gasteiger partial charge in [-0.25, -0.2) is 9.67 Å².